The Bertz CT molecular complexity index is 947. The summed E-state index contributed by atoms with van der Waals surface area (Å²) in [5.41, 5.74) is 1.74. The monoisotopic (exact) mass is 377 g/mol. The lowest BCUT2D eigenvalue weighted by Gasteiger charge is -2.11. The number of rotatable bonds is 7. The highest BCUT2D eigenvalue weighted by molar-refractivity contribution is 7.89. The molecule has 6 nitrogen and oxygen atoms in total. The van der Waals surface area contributed by atoms with Crippen LogP contribution in [0.25, 0.3) is 10.6 Å². The third-order valence-electron chi connectivity index (χ3n) is 3.66. The zero-order valence-electron chi connectivity index (χ0n) is 14.0. The van der Waals surface area contributed by atoms with Gasteiger partial charge in [-0.15, -0.1) is 11.3 Å². The molecule has 0 unspecified atom stereocenters. The van der Waals surface area contributed by atoms with E-state index in [9.17, 15) is 8.42 Å². The normalized spacial score (nSPS) is 11.6. The molecule has 1 aromatic carbocycles. The van der Waals surface area contributed by atoms with E-state index in [-0.39, 0.29) is 11.4 Å². The summed E-state index contributed by atoms with van der Waals surface area (Å²) in [6.45, 7) is 2.53. The van der Waals surface area contributed by atoms with Gasteiger partial charge in [-0.2, -0.15) is 5.10 Å². The Labute approximate surface area is 151 Å². The highest BCUT2D eigenvalue weighted by atomic mass is 32.2. The maximum absolute atomic E-state index is 12.5. The second kappa shape index (κ2) is 7.38. The summed E-state index contributed by atoms with van der Waals surface area (Å²) < 4.78 is 34.5. The second-order valence-electron chi connectivity index (χ2n) is 5.49. The van der Waals surface area contributed by atoms with Gasteiger partial charge < -0.3 is 4.74 Å². The SMILES string of the molecule is COc1ccc(C)cc1S(=O)(=O)NCCn1ccc(-c2cccs2)n1. The van der Waals surface area contributed by atoms with E-state index in [2.05, 4.69) is 9.82 Å². The number of nitrogens with zero attached hydrogens (tertiary/aromatic N) is 2. The Morgan fingerprint density at radius 2 is 2.12 bits per heavy atom. The first-order chi connectivity index (χ1) is 12.0. The van der Waals surface area contributed by atoms with E-state index in [1.165, 1.54) is 7.11 Å². The zero-order valence-corrected chi connectivity index (χ0v) is 15.6. The molecule has 25 heavy (non-hydrogen) atoms. The van der Waals surface area contributed by atoms with Crippen LogP contribution >= 0.6 is 11.3 Å². The van der Waals surface area contributed by atoms with Gasteiger partial charge >= 0.3 is 0 Å². The van der Waals surface area contributed by atoms with Gasteiger partial charge in [0.25, 0.3) is 0 Å². The van der Waals surface area contributed by atoms with Gasteiger partial charge in [0.2, 0.25) is 10.0 Å². The van der Waals surface area contributed by atoms with Gasteiger partial charge in [-0.25, -0.2) is 13.1 Å². The molecule has 132 valence electrons. The largest absolute Gasteiger partial charge is 0.495 e. The maximum atomic E-state index is 12.5. The number of methoxy groups -OCH3 is 1. The van der Waals surface area contributed by atoms with E-state index in [0.717, 1.165) is 16.1 Å². The molecule has 0 saturated heterocycles. The predicted octanol–water partition coefficient (Wildman–Crippen LogP) is 2.91. The van der Waals surface area contributed by atoms with Crippen LogP contribution in [0, 0.1) is 6.92 Å². The molecular formula is C17H19N3O3S2. The number of hydrogen-bond acceptors (Lipinski definition) is 5. The number of benzene rings is 1. The molecule has 0 aliphatic heterocycles. The van der Waals surface area contributed by atoms with E-state index < -0.39 is 10.0 Å². The number of nitrogens with one attached hydrogen (secondary N) is 1. The summed E-state index contributed by atoms with van der Waals surface area (Å²) in [6.07, 6.45) is 1.84. The summed E-state index contributed by atoms with van der Waals surface area (Å²) >= 11 is 1.62. The van der Waals surface area contributed by atoms with E-state index in [0.29, 0.717) is 12.3 Å². The number of hydrogen-bond donors (Lipinski definition) is 1. The van der Waals surface area contributed by atoms with Crippen molar-refractivity contribution in [2.24, 2.45) is 0 Å². The molecule has 8 heteroatoms. The van der Waals surface area contributed by atoms with Crippen molar-refractivity contribution < 1.29 is 13.2 Å². The number of aromatic nitrogens is 2. The van der Waals surface area contributed by atoms with Crippen molar-refractivity contribution in [1.82, 2.24) is 14.5 Å². The van der Waals surface area contributed by atoms with Crippen molar-refractivity contribution in [3.05, 3.63) is 53.5 Å². The van der Waals surface area contributed by atoms with Crippen LogP contribution in [-0.2, 0) is 16.6 Å². The third kappa shape index (κ3) is 4.09. The fourth-order valence-electron chi connectivity index (χ4n) is 2.41. The lowest BCUT2D eigenvalue weighted by atomic mass is 10.2. The minimum atomic E-state index is -3.65. The van der Waals surface area contributed by atoms with Gasteiger partial charge in [-0.05, 0) is 42.1 Å². The Kier molecular flexibility index (Phi) is 5.22. The Hall–Kier alpha value is -2.16. The molecule has 0 amide bonds. The van der Waals surface area contributed by atoms with E-state index in [1.54, 1.807) is 28.2 Å². The van der Waals surface area contributed by atoms with Crippen LogP contribution in [0.3, 0.4) is 0 Å². The van der Waals surface area contributed by atoms with Crippen molar-refractivity contribution in [3.63, 3.8) is 0 Å². The minimum absolute atomic E-state index is 0.148. The molecule has 0 bridgehead atoms. The van der Waals surface area contributed by atoms with Crippen LogP contribution in [-0.4, -0.2) is 31.9 Å². The first-order valence-corrected chi connectivity index (χ1v) is 10.1. The average Bonchev–Trinajstić information content (AvgIpc) is 3.26. The molecule has 2 heterocycles. The van der Waals surface area contributed by atoms with Crippen LogP contribution in [0.15, 0.2) is 52.9 Å². The fourth-order valence-corrected chi connectivity index (χ4v) is 4.37. The second-order valence-corrected chi connectivity index (χ2v) is 8.18. The molecule has 0 spiro atoms. The molecule has 0 atom stereocenters. The minimum Gasteiger partial charge on any atom is -0.495 e. The van der Waals surface area contributed by atoms with Crippen LogP contribution in [0.4, 0.5) is 0 Å². The number of aryl methyl sites for hydroxylation is 1. The summed E-state index contributed by atoms with van der Waals surface area (Å²) in [4.78, 5) is 1.23. The van der Waals surface area contributed by atoms with Crippen molar-refractivity contribution >= 4 is 21.4 Å². The summed E-state index contributed by atoms with van der Waals surface area (Å²) in [7, 11) is -2.19. The first-order valence-electron chi connectivity index (χ1n) is 7.71. The lowest BCUT2D eigenvalue weighted by molar-refractivity contribution is 0.402. The van der Waals surface area contributed by atoms with E-state index in [1.807, 2.05) is 42.8 Å². The van der Waals surface area contributed by atoms with Crippen LogP contribution in [0.1, 0.15) is 5.56 Å². The number of thiophene rings is 1. The van der Waals surface area contributed by atoms with Crippen molar-refractivity contribution in [3.8, 4) is 16.3 Å². The summed E-state index contributed by atoms with van der Waals surface area (Å²) in [5, 5.41) is 6.46. The Balaban J connectivity index is 1.66. The van der Waals surface area contributed by atoms with Gasteiger partial charge in [0.05, 0.1) is 18.5 Å². The molecule has 0 aliphatic rings. The quantitative estimate of drug-likeness (QED) is 0.687. The van der Waals surface area contributed by atoms with Crippen molar-refractivity contribution in [2.45, 2.75) is 18.4 Å². The average molecular weight is 377 g/mol. The molecule has 0 fully saturated rings. The van der Waals surface area contributed by atoms with E-state index >= 15 is 0 Å². The smallest absolute Gasteiger partial charge is 0.244 e. The Morgan fingerprint density at radius 1 is 1.28 bits per heavy atom. The van der Waals surface area contributed by atoms with Gasteiger partial charge in [0.1, 0.15) is 16.3 Å². The summed E-state index contributed by atoms with van der Waals surface area (Å²) in [6, 6.07) is 11.0. The maximum Gasteiger partial charge on any atom is 0.244 e. The molecule has 1 N–H and O–H groups in total. The summed E-state index contributed by atoms with van der Waals surface area (Å²) in [5.74, 6) is 0.331. The predicted molar refractivity (Wildman–Crippen MR) is 98.5 cm³/mol. The Morgan fingerprint density at radius 3 is 2.84 bits per heavy atom. The first kappa shape index (κ1) is 17.7. The molecule has 3 rings (SSSR count). The fraction of sp³-hybridized carbons (Fsp3) is 0.235. The van der Waals surface area contributed by atoms with Crippen LogP contribution < -0.4 is 9.46 Å². The molecule has 0 radical (unpaired) electrons. The topological polar surface area (TPSA) is 73.2 Å². The molecule has 2 aromatic heterocycles. The zero-order chi connectivity index (χ0) is 17.9. The van der Waals surface area contributed by atoms with Gasteiger partial charge in [-0.3, -0.25) is 4.68 Å². The van der Waals surface area contributed by atoms with E-state index in [4.69, 9.17) is 4.74 Å². The van der Waals surface area contributed by atoms with Gasteiger partial charge in [-0.1, -0.05) is 12.1 Å². The van der Waals surface area contributed by atoms with Crippen molar-refractivity contribution in [2.75, 3.05) is 13.7 Å². The molecule has 0 saturated carbocycles. The number of sulfonamides is 1. The third-order valence-corrected chi connectivity index (χ3v) is 6.03. The molecular weight excluding hydrogens is 358 g/mol. The molecule has 3 aromatic rings. The van der Waals surface area contributed by atoms with Gasteiger partial charge in [0, 0.05) is 12.7 Å². The van der Waals surface area contributed by atoms with Crippen molar-refractivity contribution in [1.29, 1.82) is 0 Å². The van der Waals surface area contributed by atoms with Crippen LogP contribution in [0.2, 0.25) is 0 Å². The van der Waals surface area contributed by atoms with Crippen LogP contribution in [0.5, 0.6) is 5.75 Å². The van der Waals surface area contributed by atoms with Gasteiger partial charge in [0.15, 0.2) is 0 Å². The highest BCUT2D eigenvalue weighted by Gasteiger charge is 2.19. The standard InChI is InChI=1S/C17H19N3O3S2/c1-13-5-6-15(23-2)17(12-13)25(21,22)18-8-10-20-9-7-14(19-20)16-4-3-11-24-16/h3-7,9,11-12,18H,8,10H2,1-2H3. The number of ether oxygens (including phenoxy) is 1. The molecule has 0 aliphatic carbocycles. The lowest BCUT2D eigenvalue weighted by Crippen LogP contribution is -2.28. The highest BCUT2D eigenvalue weighted by Crippen LogP contribution is 2.24.